The molecule has 0 unspecified atom stereocenters. The van der Waals surface area contributed by atoms with E-state index in [4.69, 9.17) is 9.47 Å². The van der Waals surface area contributed by atoms with Gasteiger partial charge in [-0.25, -0.2) is 4.79 Å². The Labute approximate surface area is 92.2 Å². The molecule has 3 rings (SSSR count). The molecule has 0 amide bonds. The van der Waals surface area contributed by atoms with E-state index in [-0.39, 0.29) is 24.5 Å². The Morgan fingerprint density at radius 3 is 2.94 bits per heavy atom. The average molecular weight is 218 g/mol. The Morgan fingerprint density at radius 1 is 1.38 bits per heavy atom. The zero-order chi connectivity index (χ0) is 11.3. The van der Waals surface area contributed by atoms with Gasteiger partial charge in [-0.05, 0) is 12.5 Å². The first-order chi connectivity index (χ1) is 7.72. The van der Waals surface area contributed by atoms with Gasteiger partial charge in [-0.1, -0.05) is 13.0 Å². The molecule has 4 heteroatoms. The Kier molecular flexibility index (Phi) is 1.80. The fraction of sp³-hybridized carbons (Fsp3) is 0.333. The Bertz CT molecular complexity index is 504. The minimum atomic E-state index is -0.381. The molecule has 4 nitrogen and oxygen atoms in total. The van der Waals surface area contributed by atoms with Crippen molar-refractivity contribution in [1.82, 2.24) is 0 Å². The number of carbonyl (C=O) groups is 2. The molecule has 0 aliphatic carbocycles. The van der Waals surface area contributed by atoms with Crippen LogP contribution in [0.15, 0.2) is 12.1 Å². The molecule has 16 heavy (non-hydrogen) atoms. The number of Topliss-reactive ketones (excluding diaryl/α,β-unsaturated/α-hetero) is 1. The van der Waals surface area contributed by atoms with Gasteiger partial charge >= 0.3 is 5.97 Å². The normalized spacial score (nSPS) is 21.4. The lowest BCUT2D eigenvalue weighted by atomic mass is 9.99. The maximum absolute atomic E-state index is 11.7. The van der Waals surface area contributed by atoms with Gasteiger partial charge in [-0.2, -0.15) is 0 Å². The van der Waals surface area contributed by atoms with Crippen LogP contribution in [-0.2, 0) is 4.74 Å². The van der Waals surface area contributed by atoms with Crippen LogP contribution >= 0.6 is 0 Å². The van der Waals surface area contributed by atoms with Gasteiger partial charge < -0.3 is 9.47 Å². The third kappa shape index (κ3) is 1.04. The van der Waals surface area contributed by atoms with Crippen LogP contribution in [0.3, 0.4) is 0 Å². The van der Waals surface area contributed by atoms with Crippen molar-refractivity contribution in [2.45, 2.75) is 19.4 Å². The lowest BCUT2D eigenvalue weighted by Gasteiger charge is -2.06. The molecule has 0 bridgehead atoms. The van der Waals surface area contributed by atoms with Gasteiger partial charge in [0.05, 0.1) is 5.56 Å². The SMILES string of the molecule is CC[C@H]1OC(=O)c2c1ccc1c2OCC1=O. The van der Waals surface area contributed by atoms with Crippen LogP contribution in [0.1, 0.15) is 45.7 Å². The van der Waals surface area contributed by atoms with Crippen LogP contribution in [0.4, 0.5) is 0 Å². The van der Waals surface area contributed by atoms with Crippen molar-refractivity contribution in [3.63, 3.8) is 0 Å². The number of rotatable bonds is 1. The summed E-state index contributed by atoms with van der Waals surface area (Å²) in [7, 11) is 0. The van der Waals surface area contributed by atoms with E-state index >= 15 is 0 Å². The van der Waals surface area contributed by atoms with Crippen molar-refractivity contribution < 1.29 is 19.1 Å². The zero-order valence-electron chi connectivity index (χ0n) is 8.78. The molecule has 0 saturated carbocycles. The van der Waals surface area contributed by atoms with Gasteiger partial charge in [0.2, 0.25) is 5.78 Å². The molecule has 1 atom stereocenters. The first-order valence-corrected chi connectivity index (χ1v) is 5.26. The number of benzene rings is 1. The second-order valence-corrected chi connectivity index (χ2v) is 3.92. The highest BCUT2D eigenvalue weighted by Crippen LogP contribution is 2.41. The molecule has 0 aromatic heterocycles. The second kappa shape index (κ2) is 3.07. The van der Waals surface area contributed by atoms with Gasteiger partial charge in [0.25, 0.3) is 0 Å². The number of ketones is 1. The number of cyclic esters (lactones) is 1. The summed E-state index contributed by atoms with van der Waals surface area (Å²) in [6, 6.07) is 3.51. The molecule has 0 saturated heterocycles. The number of fused-ring (bicyclic) bond motifs is 3. The highest BCUT2D eigenvalue weighted by molar-refractivity contribution is 6.08. The summed E-state index contributed by atoms with van der Waals surface area (Å²) in [5, 5.41) is 0. The lowest BCUT2D eigenvalue weighted by molar-refractivity contribution is 0.0376. The molecule has 0 spiro atoms. The fourth-order valence-corrected chi connectivity index (χ4v) is 2.22. The summed E-state index contributed by atoms with van der Waals surface area (Å²) in [6.45, 7) is 1.97. The Morgan fingerprint density at radius 2 is 2.19 bits per heavy atom. The third-order valence-corrected chi connectivity index (χ3v) is 3.01. The molecule has 2 aliphatic rings. The Hall–Kier alpha value is -1.84. The Balaban J connectivity index is 2.23. The van der Waals surface area contributed by atoms with E-state index in [1.807, 2.05) is 6.92 Å². The van der Waals surface area contributed by atoms with Crippen molar-refractivity contribution in [2.24, 2.45) is 0 Å². The van der Waals surface area contributed by atoms with E-state index in [2.05, 4.69) is 0 Å². The van der Waals surface area contributed by atoms with E-state index in [0.29, 0.717) is 16.9 Å². The van der Waals surface area contributed by atoms with Crippen LogP contribution in [-0.4, -0.2) is 18.4 Å². The maximum Gasteiger partial charge on any atom is 0.342 e. The molecule has 0 N–H and O–H groups in total. The molecule has 1 aromatic rings. The van der Waals surface area contributed by atoms with Crippen LogP contribution in [0.5, 0.6) is 5.75 Å². The summed E-state index contributed by atoms with van der Waals surface area (Å²) in [6.07, 6.45) is 0.526. The second-order valence-electron chi connectivity index (χ2n) is 3.92. The van der Waals surface area contributed by atoms with E-state index in [1.54, 1.807) is 12.1 Å². The number of hydrogen-bond donors (Lipinski definition) is 0. The van der Waals surface area contributed by atoms with Crippen molar-refractivity contribution in [2.75, 3.05) is 6.61 Å². The minimum Gasteiger partial charge on any atom is -0.484 e. The standard InChI is InChI=1S/C12H10O4/c1-2-9-7-4-3-6-8(13)5-15-11(6)10(7)12(14)16-9/h3-4,9H,2,5H2,1H3/t9-/m1/s1. The zero-order valence-corrected chi connectivity index (χ0v) is 8.78. The van der Waals surface area contributed by atoms with E-state index in [0.717, 1.165) is 12.0 Å². The highest BCUT2D eigenvalue weighted by Gasteiger charge is 2.37. The monoisotopic (exact) mass is 218 g/mol. The molecular formula is C12H10O4. The van der Waals surface area contributed by atoms with Crippen LogP contribution in [0.2, 0.25) is 0 Å². The van der Waals surface area contributed by atoms with Gasteiger partial charge in [0, 0.05) is 5.56 Å². The first kappa shape index (κ1) is 9.39. The molecule has 1 aromatic carbocycles. The third-order valence-electron chi connectivity index (χ3n) is 3.01. The van der Waals surface area contributed by atoms with Crippen LogP contribution in [0, 0.1) is 0 Å². The van der Waals surface area contributed by atoms with Crippen LogP contribution < -0.4 is 4.74 Å². The van der Waals surface area contributed by atoms with Gasteiger partial charge in [-0.15, -0.1) is 0 Å². The predicted molar refractivity (Wildman–Crippen MR) is 54.7 cm³/mol. The molecule has 2 aliphatic heterocycles. The smallest absolute Gasteiger partial charge is 0.342 e. The predicted octanol–water partition coefficient (Wildman–Crippen LogP) is 1.88. The van der Waals surface area contributed by atoms with Crippen LogP contribution in [0.25, 0.3) is 0 Å². The number of hydrogen-bond acceptors (Lipinski definition) is 4. The molecule has 82 valence electrons. The van der Waals surface area contributed by atoms with Crippen molar-refractivity contribution >= 4 is 11.8 Å². The van der Waals surface area contributed by atoms with E-state index in [9.17, 15) is 9.59 Å². The van der Waals surface area contributed by atoms with Crippen molar-refractivity contribution in [1.29, 1.82) is 0 Å². The quantitative estimate of drug-likeness (QED) is 0.675. The summed E-state index contributed by atoms with van der Waals surface area (Å²) >= 11 is 0. The fourth-order valence-electron chi connectivity index (χ4n) is 2.22. The van der Waals surface area contributed by atoms with Gasteiger partial charge in [0.15, 0.2) is 6.61 Å². The number of esters is 1. The average Bonchev–Trinajstić information content (AvgIpc) is 2.81. The maximum atomic E-state index is 11.7. The van der Waals surface area contributed by atoms with Gasteiger partial charge in [0.1, 0.15) is 17.4 Å². The molecular weight excluding hydrogens is 208 g/mol. The first-order valence-electron chi connectivity index (χ1n) is 5.26. The number of carbonyl (C=O) groups excluding carboxylic acids is 2. The van der Waals surface area contributed by atoms with Crippen molar-refractivity contribution in [3.8, 4) is 5.75 Å². The van der Waals surface area contributed by atoms with Gasteiger partial charge in [-0.3, -0.25) is 4.79 Å². The molecule has 0 radical (unpaired) electrons. The summed E-state index contributed by atoms with van der Waals surface area (Å²) in [4.78, 5) is 23.1. The van der Waals surface area contributed by atoms with E-state index in [1.165, 1.54) is 0 Å². The highest BCUT2D eigenvalue weighted by atomic mass is 16.6. The largest absolute Gasteiger partial charge is 0.484 e. The summed E-state index contributed by atoms with van der Waals surface area (Å²) in [5.74, 6) is -0.0533. The minimum absolute atomic E-state index is 0.0237. The lowest BCUT2D eigenvalue weighted by Crippen LogP contribution is -1.99. The van der Waals surface area contributed by atoms with Crippen molar-refractivity contribution in [3.05, 3.63) is 28.8 Å². The van der Waals surface area contributed by atoms with E-state index < -0.39 is 0 Å². The summed E-state index contributed by atoms with van der Waals surface area (Å²) < 4.78 is 10.5. The summed E-state index contributed by atoms with van der Waals surface area (Å²) in [5.41, 5.74) is 1.77. The molecule has 2 heterocycles. The molecule has 0 fully saturated rings. The number of ether oxygens (including phenoxy) is 2. The topological polar surface area (TPSA) is 52.6 Å².